The molecule has 0 heterocycles. The van der Waals surface area contributed by atoms with Crippen molar-refractivity contribution in [1.82, 2.24) is 0 Å². The van der Waals surface area contributed by atoms with Gasteiger partial charge in [0, 0.05) is 18.4 Å². The Morgan fingerprint density at radius 1 is 0.897 bits per heavy atom. The number of aliphatic hydroxyl groups excluding tert-OH is 5. The van der Waals surface area contributed by atoms with E-state index >= 15 is 0 Å². The molecular weight excluding hydrogens is 372 g/mol. The number of ether oxygens (including phenoxy) is 1. The molecule has 2 rings (SSSR count). The number of rotatable bonds is 6. The largest absolute Gasteiger partial charge is 0.396 e. The molecule has 0 radical (unpaired) electrons. The third kappa shape index (κ3) is 6.62. The summed E-state index contributed by atoms with van der Waals surface area (Å²) in [5.41, 5.74) is 0. The van der Waals surface area contributed by atoms with E-state index in [1.54, 1.807) is 6.92 Å². The Bertz CT molecular complexity index is 443. The first-order valence-corrected chi connectivity index (χ1v) is 11.6. The zero-order valence-corrected chi connectivity index (χ0v) is 19.2. The van der Waals surface area contributed by atoms with Crippen molar-refractivity contribution in [3.63, 3.8) is 0 Å². The molecule has 10 atom stereocenters. The molecule has 0 bridgehead atoms. The number of hydrogen-bond donors (Lipinski definition) is 5. The van der Waals surface area contributed by atoms with Gasteiger partial charge in [-0.15, -0.1) is 0 Å². The van der Waals surface area contributed by atoms with E-state index in [2.05, 4.69) is 34.6 Å². The van der Waals surface area contributed by atoms with Crippen LogP contribution < -0.4 is 0 Å². The first-order valence-electron chi connectivity index (χ1n) is 11.6. The maximum Gasteiger partial charge on any atom is 0.106 e. The Hall–Kier alpha value is -0.240. The lowest BCUT2D eigenvalue weighted by Crippen LogP contribution is -2.57. The highest BCUT2D eigenvalue weighted by atomic mass is 16.5. The zero-order valence-electron chi connectivity index (χ0n) is 19.2. The van der Waals surface area contributed by atoms with Gasteiger partial charge in [0.2, 0.25) is 0 Å². The fraction of sp³-hybridized carbons (Fsp3) is 1.00. The third-order valence-corrected chi connectivity index (χ3v) is 6.66. The molecular formula is C23H46O6. The van der Waals surface area contributed by atoms with Gasteiger partial charge in [0.15, 0.2) is 0 Å². The summed E-state index contributed by atoms with van der Waals surface area (Å²) >= 11 is 0. The van der Waals surface area contributed by atoms with Crippen LogP contribution in [0.1, 0.15) is 73.6 Å². The van der Waals surface area contributed by atoms with Crippen molar-refractivity contribution in [3.8, 4) is 0 Å². The van der Waals surface area contributed by atoms with E-state index in [1.165, 1.54) is 6.42 Å². The first-order chi connectivity index (χ1) is 13.6. The highest BCUT2D eigenvalue weighted by Gasteiger charge is 2.48. The van der Waals surface area contributed by atoms with Gasteiger partial charge < -0.3 is 30.3 Å². The zero-order chi connectivity index (χ0) is 22.3. The summed E-state index contributed by atoms with van der Waals surface area (Å²) < 4.78 is 6.21. The average molecular weight is 419 g/mol. The molecule has 2 aliphatic carbocycles. The lowest BCUT2D eigenvalue weighted by atomic mass is 9.67. The van der Waals surface area contributed by atoms with Crippen LogP contribution in [-0.2, 0) is 4.74 Å². The van der Waals surface area contributed by atoms with E-state index < -0.39 is 36.6 Å². The summed E-state index contributed by atoms with van der Waals surface area (Å²) in [4.78, 5) is 0. The van der Waals surface area contributed by atoms with Crippen LogP contribution in [0.3, 0.4) is 0 Å². The minimum absolute atomic E-state index is 0.0367. The summed E-state index contributed by atoms with van der Waals surface area (Å²) in [5.74, 6) is -0.0687. The van der Waals surface area contributed by atoms with Crippen LogP contribution in [-0.4, -0.2) is 68.8 Å². The van der Waals surface area contributed by atoms with E-state index in [9.17, 15) is 25.5 Å². The lowest BCUT2D eigenvalue weighted by molar-refractivity contribution is -0.216. The van der Waals surface area contributed by atoms with E-state index in [4.69, 9.17) is 4.74 Å². The highest BCUT2D eigenvalue weighted by molar-refractivity contribution is 4.97. The van der Waals surface area contributed by atoms with Crippen molar-refractivity contribution in [2.45, 2.75) is 110 Å². The van der Waals surface area contributed by atoms with E-state index in [0.717, 1.165) is 12.8 Å². The van der Waals surface area contributed by atoms with Crippen molar-refractivity contribution in [1.29, 1.82) is 0 Å². The van der Waals surface area contributed by atoms with Gasteiger partial charge >= 0.3 is 0 Å². The van der Waals surface area contributed by atoms with Crippen LogP contribution >= 0.6 is 0 Å². The fourth-order valence-corrected chi connectivity index (χ4v) is 5.25. The second-order valence-electron chi connectivity index (χ2n) is 9.53. The predicted octanol–water partition coefficient (Wildman–Crippen LogP) is 2.34. The Morgan fingerprint density at radius 3 is 1.97 bits per heavy atom. The minimum Gasteiger partial charge on any atom is -0.396 e. The summed E-state index contributed by atoms with van der Waals surface area (Å²) in [5, 5.41) is 51.3. The van der Waals surface area contributed by atoms with Crippen molar-refractivity contribution in [2.24, 2.45) is 29.6 Å². The molecule has 0 spiro atoms. The van der Waals surface area contributed by atoms with Gasteiger partial charge in [0.05, 0.1) is 30.5 Å². The molecule has 10 unspecified atom stereocenters. The summed E-state index contributed by atoms with van der Waals surface area (Å²) in [6.07, 6.45) is -0.433. The van der Waals surface area contributed by atoms with Gasteiger partial charge in [-0.25, -0.2) is 0 Å². The van der Waals surface area contributed by atoms with E-state index in [-0.39, 0.29) is 42.6 Å². The lowest BCUT2D eigenvalue weighted by Gasteiger charge is -2.48. The molecule has 5 N–H and O–H groups in total. The quantitative estimate of drug-likeness (QED) is 0.453. The fourth-order valence-electron chi connectivity index (χ4n) is 5.25. The van der Waals surface area contributed by atoms with Crippen LogP contribution in [0.2, 0.25) is 0 Å². The van der Waals surface area contributed by atoms with Gasteiger partial charge in [-0.3, -0.25) is 0 Å². The predicted molar refractivity (Wildman–Crippen MR) is 114 cm³/mol. The van der Waals surface area contributed by atoms with E-state index in [1.807, 2.05) is 0 Å². The van der Waals surface area contributed by atoms with Crippen molar-refractivity contribution in [2.75, 3.05) is 6.61 Å². The summed E-state index contributed by atoms with van der Waals surface area (Å²) in [7, 11) is 0. The second-order valence-corrected chi connectivity index (χ2v) is 9.53. The maximum atomic E-state index is 10.7. The minimum atomic E-state index is -0.981. The molecule has 0 saturated heterocycles. The Balaban J connectivity index is 0.00000132. The van der Waals surface area contributed by atoms with Gasteiger partial charge in [0.1, 0.15) is 6.10 Å². The van der Waals surface area contributed by atoms with Crippen LogP contribution in [0, 0.1) is 29.6 Å². The van der Waals surface area contributed by atoms with Crippen LogP contribution in [0.25, 0.3) is 0 Å². The monoisotopic (exact) mass is 418 g/mol. The normalized spacial score (nSPS) is 43.0. The molecule has 174 valence electrons. The van der Waals surface area contributed by atoms with Crippen LogP contribution in [0.5, 0.6) is 0 Å². The first kappa shape index (κ1) is 26.8. The number of aliphatic hydroxyl groups is 5. The smallest absolute Gasteiger partial charge is 0.106 e. The third-order valence-electron chi connectivity index (χ3n) is 6.66. The Labute approximate surface area is 177 Å². The van der Waals surface area contributed by atoms with Crippen molar-refractivity contribution >= 4 is 0 Å². The molecule has 2 fully saturated rings. The van der Waals surface area contributed by atoms with Crippen molar-refractivity contribution in [3.05, 3.63) is 0 Å². The molecule has 0 amide bonds. The molecule has 0 aromatic carbocycles. The molecule has 6 nitrogen and oxygen atoms in total. The van der Waals surface area contributed by atoms with Gasteiger partial charge in [-0.2, -0.15) is 0 Å². The maximum absolute atomic E-state index is 10.7. The van der Waals surface area contributed by atoms with Gasteiger partial charge in [-0.05, 0) is 30.6 Å². The highest BCUT2D eigenvalue weighted by Crippen LogP contribution is 2.41. The summed E-state index contributed by atoms with van der Waals surface area (Å²) in [6.45, 7) is 12.2. The molecule has 0 aromatic heterocycles. The number of hydrogen-bond acceptors (Lipinski definition) is 6. The molecule has 29 heavy (non-hydrogen) atoms. The molecule has 2 saturated carbocycles. The SMILES string of the molecule is CCC.CCCC1CC(OC2C(CO)CC(O)C(O)C2C)C(O)C(O)C1C(C)C. The molecule has 0 aromatic rings. The topological polar surface area (TPSA) is 110 Å². The average Bonchev–Trinajstić information content (AvgIpc) is 2.66. The molecule has 2 aliphatic rings. The van der Waals surface area contributed by atoms with Crippen LogP contribution in [0.4, 0.5) is 0 Å². The van der Waals surface area contributed by atoms with Crippen molar-refractivity contribution < 1.29 is 30.3 Å². The van der Waals surface area contributed by atoms with Gasteiger partial charge in [0.25, 0.3) is 0 Å². The Morgan fingerprint density at radius 2 is 1.48 bits per heavy atom. The Kier molecular flexibility index (Phi) is 11.6. The molecule has 6 heteroatoms. The van der Waals surface area contributed by atoms with Crippen LogP contribution in [0.15, 0.2) is 0 Å². The molecule has 0 aliphatic heterocycles. The standard InChI is InChI=1S/C20H38O6.C3H8/c1-5-6-12-8-15(18(24)19(25)16(12)10(2)3)26-20-11(4)17(23)14(22)7-13(20)9-21;1-3-2/h10-25H,5-9H2,1-4H3;3H2,1-2H3. The summed E-state index contributed by atoms with van der Waals surface area (Å²) in [6, 6.07) is 0. The van der Waals surface area contributed by atoms with E-state index in [0.29, 0.717) is 6.42 Å². The van der Waals surface area contributed by atoms with Gasteiger partial charge in [-0.1, -0.05) is 60.8 Å². The second kappa shape index (κ2) is 12.6.